The van der Waals surface area contributed by atoms with E-state index in [1.54, 1.807) is 5.57 Å². The van der Waals surface area contributed by atoms with Crippen LogP contribution in [0.1, 0.15) is 106 Å². The highest BCUT2D eigenvalue weighted by Crippen LogP contribution is 2.66. The molecule has 0 amide bonds. The molecule has 182 valence electrons. The van der Waals surface area contributed by atoms with Crippen molar-refractivity contribution in [2.24, 2.45) is 46.3 Å². The molecule has 2 N–H and O–H groups in total. The lowest BCUT2D eigenvalue weighted by Gasteiger charge is -2.58. The van der Waals surface area contributed by atoms with Crippen LogP contribution in [0.15, 0.2) is 23.3 Å². The molecular formula is C30H50O2. The fourth-order valence-corrected chi connectivity index (χ4v) is 9.12. The maximum absolute atomic E-state index is 11.4. The topological polar surface area (TPSA) is 40.5 Å². The van der Waals surface area contributed by atoms with Gasteiger partial charge in [-0.2, -0.15) is 0 Å². The third kappa shape index (κ3) is 3.76. The summed E-state index contributed by atoms with van der Waals surface area (Å²) < 4.78 is 0. The van der Waals surface area contributed by atoms with Gasteiger partial charge in [-0.3, -0.25) is 0 Å². The summed E-state index contributed by atoms with van der Waals surface area (Å²) in [6, 6.07) is 0. The van der Waals surface area contributed by atoms with Gasteiger partial charge >= 0.3 is 0 Å². The minimum absolute atomic E-state index is 0.161. The van der Waals surface area contributed by atoms with Crippen LogP contribution in [0.2, 0.25) is 0 Å². The maximum Gasteiger partial charge on any atom is 0.0761 e. The predicted molar refractivity (Wildman–Crippen MR) is 134 cm³/mol. The Labute approximate surface area is 198 Å². The summed E-state index contributed by atoms with van der Waals surface area (Å²) in [6.07, 6.45) is 11.0. The normalized spacial score (nSPS) is 43.7. The molecule has 0 radical (unpaired) electrons. The van der Waals surface area contributed by atoms with E-state index in [0.29, 0.717) is 5.92 Å². The first-order valence-corrected chi connectivity index (χ1v) is 13.8. The minimum atomic E-state index is -0.377. The molecule has 0 aromatic rings. The van der Waals surface area contributed by atoms with Crippen molar-refractivity contribution in [1.29, 1.82) is 0 Å². The zero-order valence-electron chi connectivity index (χ0n) is 21.8. The molecule has 2 nitrogen and oxygen atoms in total. The van der Waals surface area contributed by atoms with E-state index in [9.17, 15) is 10.2 Å². The van der Waals surface area contributed by atoms with Gasteiger partial charge in [0.1, 0.15) is 0 Å². The van der Waals surface area contributed by atoms with Gasteiger partial charge in [0.2, 0.25) is 0 Å². The third-order valence-corrected chi connectivity index (χ3v) is 11.3. The highest BCUT2D eigenvalue weighted by atomic mass is 16.3. The Morgan fingerprint density at radius 1 is 0.969 bits per heavy atom. The molecular weight excluding hydrogens is 392 g/mol. The highest BCUT2D eigenvalue weighted by Gasteiger charge is 2.58. The van der Waals surface area contributed by atoms with Crippen molar-refractivity contribution in [3.63, 3.8) is 0 Å². The zero-order chi connectivity index (χ0) is 23.4. The van der Waals surface area contributed by atoms with Crippen LogP contribution in [-0.4, -0.2) is 22.4 Å². The Bertz CT molecular complexity index is 750. The van der Waals surface area contributed by atoms with Gasteiger partial charge in [-0.25, -0.2) is 0 Å². The zero-order valence-corrected chi connectivity index (χ0v) is 21.8. The predicted octanol–water partition coefficient (Wildman–Crippen LogP) is 7.31. The van der Waals surface area contributed by atoms with Gasteiger partial charge in [0.15, 0.2) is 0 Å². The lowest BCUT2D eigenvalue weighted by Crippen LogP contribution is -2.52. The number of fused-ring (bicyclic) bond motifs is 4. The van der Waals surface area contributed by atoms with E-state index in [2.05, 4.69) is 48.1 Å². The van der Waals surface area contributed by atoms with Gasteiger partial charge in [-0.05, 0) is 109 Å². The first-order chi connectivity index (χ1) is 15.0. The summed E-state index contributed by atoms with van der Waals surface area (Å²) in [5.41, 5.74) is 4.51. The second-order valence-corrected chi connectivity index (χ2v) is 13.0. The quantitative estimate of drug-likeness (QED) is 0.423. The lowest BCUT2D eigenvalue weighted by molar-refractivity contribution is -0.0327. The van der Waals surface area contributed by atoms with Crippen LogP contribution in [0.3, 0.4) is 0 Å². The van der Waals surface area contributed by atoms with E-state index in [1.807, 2.05) is 0 Å². The lowest BCUT2D eigenvalue weighted by atomic mass is 9.47. The summed E-state index contributed by atoms with van der Waals surface area (Å²) in [7, 11) is 0. The van der Waals surface area contributed by atoms with Gasteiger partial charge in [0.25, 0.3) is 0 Å². The van der Waals surface area contributed by atoms with Crippen LogP contribution in [0.25, 0.3) is 0 Å². The molecule has 0 saturated heterocycles. The number of aliphatic hydroxyl groups excluding tert-OH is 2. The summed E-state index contributed by atoms with van der Waals surface area (Å²) in [5, 5.41) is 21.9. The summed E-state index contributed by atoms with van der Waals surface area (Å²) >= 11 is 0. The van der Waals surface area contributed by atoms with E-state index >= 15 is 0 Å². The molecule has 0 aromatic heterocycles. The molecule has 32 heavy (non-hydrogen) atoms. The highest BCUT2D eigenvalue weighted by molar-refractivity contribution is 5.39. The maximum atomic E-state index is 11.4. The van der Waals surface area contributed by atoms with Gasteiger partial charge in [-0.1, -0.05) is 66.5 Å². The van der Waals surface area contributed by atoms with Crippen LogP contribution in [-0.2, 0) is 0 Å². The van der Waals surface area contributed by atoms with Crippen molar-refractivity contribution in [2.45, 2.75) is 118 Å². The molecule has 0 bridgehead atoms. The average Bonchev–Trinajstić information content (AvgIpc) is 3.10. The number of allylic oxidation sites excluding steroid dienone is 1. The van der Waals surface area contributed by atoms with Crippen molar-refractivity contribution < 1.29 is 10.2 Å². The molecule has 4 rings (SSSR count). The Morgan fingerprint density at radius 2 is 1.69 bits per heavy atom. The second kappa shape index (κ2) is 8.88. The molecule has 2 heteroatoms. The molecule has 3 fully saturated rings. The second-order valence-electron chi connectivity index (χ2n) is 13.0. The van der Waals surface area contributed by atoms with E-state index < -0.39 is 0 Å². The van der Waals surface area contributed by atoms with Crippen molar-refractivity contribution in [3.05, 3.63) is 23.3 Å². The number of hydrogen-bond acceptors (Lipinski definition) is 2. The van der Waals surface area contributed by atoms with Gasteiger partial charge in [-0.15, -0.1) is 0 Å². The summed E-state index contributed by atoms with van der Waals surface area (Å²) in [5.74, 6) is 3.90. The van der Waals surface area contributed by atoms with Gasteiger partial charge < -0.3 is 10.2 Å². The standard InChI is InChI=1S/C30H50O2/c1-8-21(18(2)3)10-9-19(4)22-11-12-23-28-24(13-15-29(22,23)6)30(7)16-14-26(31)20(5)25(30)17-27(28)32/h18-19,21-22,24-27,31-32H,5,8-17H2,1-4,6-7H3/t19-,21-,22-,24+,25?,26+,27-,29-,30-/m1/s1. The minimum Gasteiger partial charge on any atom is -0.389 e. The van der Waals surface area contributed by atoms with Crippen LogP contribution < -0.4 is 0 Å². The van der Waals surface area contributed by atoms with Crippen LogP contribution in [0, 0.1) is 46.3 Å². The third-order valence-electron chi connectivity index (χ3n) is 11.3. The Hall–Kier alpha value is -0.600. The fourth-order valence-electron chi connectivity index (χ4n) is 9.12. The summed E-state index contributed by atoms with van der Waals surface area (Å²) in [6.45, 7) is 18.9. The molecule has 0 aliphatic heterocycles. The largest absolute Gasteiger partial charge is 0.389 e. The van der Waals surface area contributed by atoms with Gasteiger partial charge in [0.05, 0.1) is 12.2 Å². The van der Waals surface area contributed by atoms with Crippen molar-refractivity contribution in [3.8, 4) is 0 Å². The monoisotopic (exact) mass is 442 g/mol. The van der Waals surface area contributed by atoms with Crippen LogP contribution in [0.4, 0.5) is 0 Å². The molecule has 0 spiro atoms. The Morgan fingerprint density at radius 3 is 2.34 bits per heavy atom. The van der Waals surface area contributed by atoms with E-state index in [-0.39, 0.29) is 29.0 Å². The van der Waals surface area contributed by atoms with E-state index in [0.717, 1.165) is 48.5 Å². The first-order valence-electron chi connectivity index (χ1n) is 13.8. The molecule has 3 saturated carbocycles. The number of aliphatic hydroxyl groups is 2. The van der Waals surface area contributed by atoms with Gasteiger partial charge in [0, 0.05) is 0 Å². The number of hydrogen-bond donors (Lipinski definition) is 2. The Kier molecular flexibility index (Phi) is 6.80. The molecule has 4 aliphatic carbocycles. The van der Waals surface area contributed by atoms with Crippen LogP contribution >= 0.6 is 0 Å². The van der Waals surface area contributed by atoms with E-state index in [1.165, 1.54) is 50.5 Å². The molecule has 1 unspecified atom stereocenters. The van der Waals surface area contributed by atoms with Crippen molar-refractivity contribution >= 4 is 0 Å². The SMILES string of the molecule is C=C1C2C[C@@H](O)C3=C4CC[C@H]([C@H](C)CC[C@@H](CC)C(C)C)[C@@]4(C)CC[C@@H]3[C@@]2(C)CC[C@@H]1O. The fraction of sp³-hybridized carbons (Fsp3) is 0.867. The molecule has 9 atom stereocenters. The molecule has 0 aromatic carbocycles. The van der Waals surface area contributed by atoms with Crippen molar-refractivity contribution in [1.82, 2.24) is 0 Å². The van der Waals surface area contributed by atoms with E-state index in [4.69, 9.17) is 0 Å². The Balaban J connectivity index is 1.58. The van der Waals surface area contributed by atoms with Crippen LogP contribution in [0.5, 0.6) is 0 Å². The smallest absolute Gasteiger partial charge is 0.0761 e. The molecule has 4 aliphatic rings. The number of rotatable bonds is 6. The first kappa shape index (κ1) is 24.5. The molecule has 0 heterocycles. The van der Waals surface area contributed by atoms with Crippen molar-refractivity contribution in [2.75, 3.05) is 0 Å². The average molecular weight is 443 g/mol. The summed E-state index contributed by atoms with van der Waals surface area (Å²) in [4.78, 5) is 0.